The molecule has 6 aromatic rings. The van der Waals surface area contributed by atoms with E-state index in [1.165, 1.54) is 0 Å². The first-order valence-corrected chi connectivity index (χ1v) is 13.4. The van der Waals surface area contributed by atoms with Crippen LogP contribution in [-0.4, -0.2) is 0 Å². The Morgan fingerprint density at radius 2 is 0.848 bits per heavy atom. The van der Waals surface area contributed by atoms with E-state index in [9.17, 15) is 0 Å². The van der Waals surface area contributed by atoms with Gasteiger partial charge >= 0.3 is 0 Å². The van der Waals surface area contributed by atoms with E-state index in [4.69, 9.17) is 0 Å². The lowest BCUT2D eigenvalue weighted by molar-refractivity contribution is 0.592. The van der Waals surface area contributed by atoms with Crippen LogP contribution in [0.25, 0.3) is 32.3 Å². The van der Waals surface area contributed by atoms with E-state index in [1.807, 2.05) is 48.5 Å². The minimum atomic E-state index is -3.17. The van der Waals surface area contributed by atoms with Crippen LogP contribution in [-0.2, 0) is 4.57 Å². The quantitative estimate of drug-likeness (QED) is 0.226. The number of hydrogen-bond donors (Lipinski definition) is 0. The van der Waals surface area contributed by atoms with Crippen LogP contribution in [0, 0.1) is 0 Å². The highest BCUT2D eigenvalue weighted by atomic mass is 79.9. The van der Waals surface area contributed by atoms with E-state index in [0.717, 1.165) is 52.7 Å². The zero-order valence-electron chi connectivity index (χ0n) is 17.8. The molecule has 0 N–H and O–H groups in total. The average molecular weight is 507 g/mol. The molecule has 0 saturated heterocycles. The molecule has 0 heterocycles. The van der Waals surface area contributed by atoms with Gasteiger partial charge in [-0.15, -0.1) is 0 Å². The van der Waals surface area contributed by atoms with Crippen molar-refractivity contribution in [2.75, 3.05) is 0 Å². The molecule has 6 aromatic carbocycles. The van der Waals surface area contributed by atoms with Crippen molar-refractivity contribution in [3.63, 3.8) is 0 Å². The average Bonchev–Trinajstić information content (AvgIpc) is 2.87. The minimum absolute atomic E-state index is 0.826. The maximum Gasteiger partial charge on any atom is 0.172 e. The summed E-state index contributed by atoms with van der Waals surface area (Å²) in [6, 6.07) is 41.2. The number of rotatable bonds is 3. The monoisotopic (exact) mass is 506 g/mol. The van der Waals surface area contributed by atoms with Crippen molar-refractivity contribution in [3.8, 4) is 0 Å². The van der Waals surface area contributed by atoms with E-state index in [1.54, 1.807) is 0 Å². The molecule has 0 bridgehead atoms. The van der Waals surface area contributed by atoms with Crippen molar-refractivity contribution in [2.45, 2.75) is 0 Å². The highest BCUT2D eigenvalue weighted by Crippen LogP contribution is 2.46. The van der Waals surface area contributed by atoms with Gasteiger partial charge in [0, 0.05) is 20.4 Å². The molecule has 0 spiro atoms. The van der Waals surface area contributed by atoms with Crippen molar-refractivity contribution >= 4 is 71.3 Å². The Balaban J connectivity index is 1.69. The molecule has 1 nitrogen and oxygen atoms in total. The van der Waals surface area contributed by atoms with E-state index in [0.29, 0.717) is 0 Å². The Morgan fingerprint density at radius 1 is 0.455 bits per heavy atom. The zero-order chi connectivity index (χ0) is 22.4. The van der Waals surface area contributed by atoms with Gasteiger partial charge in [0.05, 0.1) is 0 Å². The largest absolute Gasteiger partial charge is 0.309 e. The first-order chi connectivity index (χ1) is 16.1. The molecule has 33 heavy (non-hydrogen) atoms. The maximum atomic E-state index is 15.3. The van der Waals surface area contributed by atoms with Gasteiger partial charge in [-0.2, -0.15) is 0 Å². The fourth-order valence-electron chi connectivity index (χ4n) is 4.61. The SMILES string of the molecule is O=P(c1ccc2ccccc2c1)(c1ccc2ccccc2c1)c1cc2ccccc2cc1Br. The molecule has 158 valence electrons. The van der Waals surface area contributed by atoms with E-state index in [-0.39, 0.29) is 0 Å². The normalized spacial score (nSPS) is 11.9. The molecule has 0 amide bonds. The van der Waals surface area contributed by atoms with Gasteiger partial charge in [-0.25, -0.2) is 0 Å². The molecular formula is C30H20BrOP. The molecule has 0 aliphatic heterocycles. The third-order valence-electron chi connectivity index (χ3n) is 6.35. The topological polar surface area (TPSA) is 17.1 Å². The Bertz CT molecular complexity index is 1640. The summed E-state index contributed by atoms with van der Waals surface area (Å²) in [5, 5.41) is 9.18. The van der Waals surface area contributed by atoms with Gasteiger partial charge in [0.2, 0.25) is 0 Å². The Kier molecular flexibility index (Phi) is 4.94. The standard InChI is InChI=1S/C30H20BrOP/c31-29-19-25-11-5-6-12-26(25)20-30(29)33(32,27-15-13-21-7-1-3-9-23(21)17-27)28-16-14-22-8-2-4-10-24(22)18-28/h1-20H. The smallest absolute Gasteiger partial charge is 0.172 e. The summed E-state index contributed by atoms with van der Waals surface area (Å²) in [5.41, 5.74) is 0. The minimum Gasteiger partial charge on any atom is -0.309 e. The van der Waals surface area contributed by atoms with Gasteiger partial charge in [0.15, 0.2) is 7.14 Å². The summed E-state index contributed by atoms with van der Waals surface area (Å²) in [6.07, 6.45) is 0. The van der Waals surface area contributed by atoms with Crippen LogP contribution in [0.15, 0.2) is 126 Å². The highest BCUT2D eigenvalue weighted by Gasteiger charge is 2.32. The van der Waals surface area contributed by atoms with Crippen molar-refractivity contribution in [2.24, 2.45) is 0 Å². The maximum absolute atomic E-state index is 15.3. The second-order valence-corrected chi connectivity index (χ2v) is 11.9. The predicted molar refractivity (Wildman–Crippen MR) is 146 cm³/mol. The molecule has 0 saturated carbocycles. The van der Waals surface area contributed by atoms with Crippen LogP contribution in [0.2, 0.25) is 0 Å². The van der Waals surface area contributed by atoms with Gasteiger partial charge in [0.25, 0.3) is 0 Å². The van der Waals surface area contributed by atoms with Crippen LogP contribution in [0.5, 0.6) is 0 Å². The fraction of sp³-hybridized carbons (Fsp3) is 0. The Hall–Kier alpha value is -3.19. The van der Waals surface area contributed by atoms with Gasteiger partial charge in [-0.3, -0.25) is 0 Å². The molecule has 0 aromatic heterocycles. The third-order valence-corrected chi connectivity index (χ3v) is 10.4. The van der Waals surface area contributed by atoms with Gasteiger partial charge in [-0.1, -0.05) is 97.1 Å². The van der Waals surface area contributed by atoms with E-state index >= 15 is 4.57 Å². The van der Waals surface area contributed by atoms with Crippen LogP contribution in [0.3, 0.4) is 0 Å². The number of benzene rings is 6. The van der Waals surface area contributed by atoms with E-state index in [2.05, 4.69) is 88.7 Å². The fourth-order valence-corrected chi connectivity index (χ4v) is 8.48. The molecule has 0 radical (unpaired) electrons. The van der Waals surface area contributed by atoms with Gasteiger partial charge < -0.3 is 4.57 Å². The molecule has 3 heteroatoms. The van der Waals surface area contributed by atoms with Gasteiger partial charge in [-0.05, 0) is 72.5 Å². The lowest BCUT2D eigenvalue weighted by Gasteiger charge is -2.23. The second kappa shape index (κ2) is 7.99. The molecule has 0 unspecified atom stereocenters. The summed E-state index contributed by atoms with van der Waals surface area (Å²) >= 11 is 3.78. The summed E-state index contributed by atoms with van der Waals surface area (Å²) in [4.78, 5) is 0. The van der Waals surface area contributed by atoms with Crippen LogP contribution in [0.4, 0.5) is 0 Å². The lowest BCUT2D eigenvalue weighted by Crippen LogP contribution is -2.26. The highest BCUT2D eigenvalue weighted by molar-refractivity contribution is 9.10. The summed E-state index contributed by atoms with van der Waals surface area (Å²) in [5.74, 6) is 0. The van der Waals surface area contributed by atoms with E-state index < -0.39 is 7.14 Å². The van der Waals surface area contributed by atoms with Crippen molar-refractivity contribution in [1.29, 1.82) is 0 Å². The Morgan fingerprint density at radius 3 is 1.33 bits per heavy atom. The number of halogens is 1. The molecule has 0 aliphatic carbocycles. The number of hydrogen-bond acceptors (Lipinski definition) is 1. The second-order valence-electron chi connectivity index (χ2n) is 8.32. The number of fused-ring (bicyclic) bond motifs is 3. The molecule has 6 rings (SSSR count). The lowest BCUT2D eigenvalue weighted by atomic mass is 10.1. The molecule has 0 aliphatic rings. The van der Waals surface area contributed by atoms with Crippen molar-refractivity contribution in [1.82, 2.24) is 0 Å². The summed E-state index contributed by atoms with van der Waals surface area (Å²) in [7, 11) is -3.17. The van der Waals surface area contributed by atoms with Crippen molar-refractivity contribution < 1.29 is 4.57 Å². The molecule has 0 atom stereocenters. The van der Waals surface area contributed by atoms with Crippen LogP contribution >= 0.6 is 23.1 Å². The van der Waals surface area contributed by atoms with Crippen molar-refractivity contribution in [3.05, 3.63) is 126 Å². The summed E-state index contributed by atoms with van der Waals surface area (Å²) in [6.45, 7) is 0. The predicted octanol–water partition coefficient (Wildman–Crippen LogP) is 7.55. The Labute approximate surface area is 201 Å². The first-order valence-electron chi connectivity index (χ1n) is 10.9. The zero-order valence-corrected chi connectivity index (χ0v) is 20.3. The molecule has 0 fully saturated rings. The summed E-state index contributed by atoms with van der Waals surface area (Å²) < 4.78 is 16.2. The van der Waals surface area contributed by atoms with Gasteiger partial charge in [0.1, 0.15) is 0 Å². The van der Waals surface area contributed by atoms with Crippen LogP contribution in [0.1, 0.15) is 0 Å². The first kappa shape index (κ1) is 20.4. The third kappa shape index (κ3) is 3.42. The molecular weight excluding hydrogens is 487 g/mol. The van der Waals surface area contributed by atoms with Crippen LogP contribution < -0.4 is 15.9 Å².